The molecule has 6 rings (SSSR count). The number of nitrogens with two attached hydrogens (primary N) is 1. The number of hydrogen-bond acceptors (Lipinski definition) is 8. The predicted molar refractivity (Wildman–Crippen MR) is 159 cm³/mol. The van der Waals surface area contributed by atoms with Crippen LogP contribution in [0.3, 0.4) is 0 Å². The first-order valence-electron chi connectivity index (χ1n) is 15.2. The zero-order chi connectivity index (χ0) is 30.1. The number of aliphatic hydroxyl groups is 1. The smallest absolute Gasteiger partial charge is 0.255 e. The molecule has 3 fully saturated rings. The molecule has 1 aliphatic carbocycles. The number of aliphatic hydroxyl groups excluding tert-OH is 1. The Morgan fingerprint density at radius 3 is 2.44 bits per heavy atom. The van der Waals surface area contributed by atoms with Crippen LogP contribution in [0, 0.1) is 0 Å². The van der Waals surface area contributed by atoms with E-state index in [-0.39, 0.29) is 48.0 Å². The van der Waals surface area contributed by atoms with E-state index in [4.69, 9.17) is 14.6 Å². The number of carbonyl (C=O) groups is 2. The molecular formula is C31H40N4O7S. The van der Waals surface area contributed by atoms with Crippen LogP contribution in [-0.4, -0.2) is 86.4 Å². The fourth-order valence-corrected chi connectivity index (χ4v) is 7.45. The van der Waals surface area contributed by atoms with Crippen LogP contribution in [0.2, 0.25) is 0 Å². The van der Waals surface area contributed by atoms with Crippen LogP contribution in [0.15, 0.2) is 47.4 Å². The first kappa shape index (κ1) is 30.0. The van der Waals surface area contributed by atoms with Crippen LogP contribution < -0.4 is 20.5 Å². The molecule has 12 heteroatoms. The Labute approximate surface area is 252 Å². The Morgan fingerprint density at radius 2 is 1.70 bits per heavy atom. The second kappa shape index (κ2) is 12.5. The molecule has 5 atom stereocenters. The molecule has 2 saturated heterocycles. The largest absolute Gasteiger partial charge is 0.493 e. The van der Waals surface area contributed by atoms with Gasteiger partial charge in [0.25, 0.3) is 5.91 Å². The zero-order valence-electron chi connectivity index (χ0n) is 24.1. The molecule has 0 spiro atoms. The molecule has 1 saturated carbocycles. The van der Waals surface area contributed by atoms with E-state index in [0.29, 0.717) is 49.6 Å². The Balaban J connectivity index is 1.29. The summed E-state index contributed by atoms with van der Waals surface area (Å²) in [4.78, 5) is 29.4. The topological polar surface area (TPSA) is 160 Å². The van der Waals surface area contributed by atoms with Crippen molar-refractivity contribution >= 4 is 21.8 Å². The normalized spacial score (nSPS) is 29.4. The number of ether oxygens (including phenoxy) is 2. The molecule has 43 heavy (non-hydrogen) atoms. The highest BCUT2D eigenvalue weighted by molar-refractivity contribution is 7.89. The van der Waals surface area contributed by atoms with E-state index in [2.05, 4.69) is 15.5 Å². The summed E-state index contributed by atoms with van der Waals surface area (Å²) in [5.41, 5.74) is 1.88. The van der Waals surface area contributed by atoms with E-state index < -0.39 is 22.2 Å². The minimum absolute atomic E-state index is 0.0166. The summed E-state index contributed by atoms with van der Waals surface area (Å²) in [5.74, 6) is 0.0493. The summed E-state index contributed by atoms with van der Waals surface area (Å²) < 4.78 is 35.8. The minimum Gasteiger partial charge on any atom is -0.493 e. The van der Waals surface area contributed by atoms with Gasteiger partial charge in [0.1, 0.15) is 11.9 Å². The molecule has 3 aliphatic heterocycles. The molecule has 2 aromatic rings. The third-order valence-electron chi connectivity index (χ3n) is 9.27. The van der Waals surface area contributed by atoms with Gasteiger partial charge in [0.2, 0.25) is 15.9 Å². The highest BCUT2D eigenvalue weighted by Crippen LogP contribution is 2.33. The van der Waals surface area contributed by atoms with Crippen LogP contribution in [0.4, 0.5) is 0 Å². The summed E-state index contributed by atoms with van der Waals surface area (Å²) in [5, 5.41) is 22.1. The number of primary sulfonamides is 1. The molecule has 4 aliphatic rings. The lowest BCUT2D eigenvalue weighted by Crippen LogP contribution is -2.51. The number of sulfonamides is 1. The van der Waals surface area contributed by atoms with Crippen LogP contribution in [-0.2, 0) is 19.6 Å². The number of fused-ring (bicyclic) bond motifs is 5. The third kappa shape index (κ3) is 6.73. The molecule has 2 amide bonds. The van der Waals surface area contributed by atoms with Gasteiger partial charge in [0.15, 0.2) is 0 Å². The molecule has 5 N–H and O–H groups in total. The zero-order valence-corrected chi connectivity index (χ0v) is 24.9. The monoisotopic (exact) mass is 612 g/mol. The second-order valence-corrected chi connectivity index (χ2v) is 13.7. The fraction of sp³-hybridized carbons (Fsp3) is 0.548. The average Bonchev–Trinajstić information content (AvgIpc) is 3.67. The molecule has 232 valence electrons. The molecule has 3 heterocycles. The van der Waals surface area contributed by atoms with Crippen molar-refractivity contribution in [2.75, 3.05) is 19.7 Å². The number of benzene rings is 2. The van der Waals surface area contributed by atoms with Crippen molar-refractivity contribution in [2.24, 2.45) is 5.14 Å². The standard InChI is InChI=1S/C31H40N4O7S/c32-43(39,40)24-9-5-19(6-10-24)20-7-11-25-28(15-20)41-14-13-23-8-12-27(36)29(42-23)17-33-31(38)26-16-21(34-30(25)37)18-35(26)22-3-1-2-4-22/h5-7,9-11,15,21-23,26-27,29,36H,1-4,8,12-14,16-18H2,(H,33,38)(H,34,37)(H2,32,39,40)/t21-,23-,26-,27-,29+/m0/s1. The van der Waals surface area contributed by atoms with E-state index in [0.717, 1.165) is 36.8 Å². The van der Waals surface area contributed by atoms with Crippen molar-refractivity contribution < 1.29 is 32.6 Å². The maximum Gasteiger partial charge on any atom is 0.255 e. The van der Waals surface area contributed by atoms with Crippen molar-refractivity contribution in [2.45, 2.75) is 92.7 Å². The lowest BCUT2D eigenvalue weighted by atomic mass is 9.99. The molecule has 0 radical (unpaired) electrons. The lowest BCUT2D eigenvalue weighted by Gasteiger charge is -2.35. The molecule has 0 aromatic heterocycles. The Bertz CT molecular complexity index is 1440. The van der Waals surface area contributed by atoms with Gasteiger partial charge in [-0.3, -0.25) is 14.5 Å². The van der Waals surface area contributed by atoms with Gasteiger partial charge < -0.3 is 25.2 Å². The summed E-state index contributed by atoms with van der Waals surface area (Å²) in [7, 11) is -3.82. The highest BCUT2D eigenvalue weighted by atomic mass is 32.2. The van der Waals surface area contributed by atoms with E-state index in [1.54, 1.807) is 30.3 Å². The van der Waals surface area contributed by atoms with Crippen LogP contribution in [0.1, 0.15) is 61.7 Å². The number of likely N-dealkylation sites (tertiary alicyclic amines) is 1. The van der Waals surface area contributed by atoms with E-state index in [9.17, 15) is 23.1 Å². The summed E-state index contributed by atoms with van der Waals surface area (Å²) >= 11 is 0. The second-order valence-electron chi connectivity index (χ2n) is 12.2. The van der Waals surface area contributed by atoms with Gasteiger partial charge >= 0.3 is 0 Å². The SMILES string of the molecule is NS(=O)(=O)c1ccc(-c2ccc3c(c2)OCC[C@@H]2CC[C@H](O)[C@@H](CNC(=O)[C@@H]4C[C@@H](CN4C4CCCC4)NC3=O)O2)cc1. The van der Waals surface area contributed by atoms with Crippen LogP contribution in [0.5, 0.6) is 5.75 Å². The minimum atomic E-state index is -3.82. The van der Waals surface area contributed by atoms with Gasteiger partial charge in [-0.1, -0.05) is 31.0 Å². The summed E-state index contributed by atoms with van der Waals surface area (Å²) in [6.07, 6.45) is 5.32. The van der Waals surface area contributed by atoms with Crippen molar-refractivity contribution in [3.8, 4) is 16.9 Å². The number of amides is 2. The van der Waals surface area contributed by atoms with E-state index >= 15 is 0 Å². The first-order chi connectivity index (χ1) is 20.7. The van der Waals surface area contributed by atoms with Gasteiger partial charge in [0.05, 0.1) is 35.3 Å². The van der Waals surface area contributed by atoms with Crippen molar-refractivity contribution in [3.63, 3.8) is 0 Å². The maximum atomic E-state index is 13.7. The molecule has 0 unspecified atom stereocenters. The molecular weight excluding hydrogens is 572 g/mol. The number of nitrogens with zero attached hydrogens (tertiary/aromatic N) is 1. The third-order valence-corrected chi connectivity index (χ3v) is 10.2. The average molecular weight is 613 g/mol. The van der Waals surface area contributed by atoms with Crippen LogP contribution in [0.25, 0.3) is 11.1 Å². The number of hydrogen-bond donors (Lipinski definition) is 4. The molecule has 4 bridgehead atoms. The fourth-order valence-electron chi connectivity index (χ4n) is 6.94. The lowest BCUT2D eigenvalue weighted by molar-refractivity contribution is -0.134. The number of carbonyl (C=O) groups excluding carboxylic acids is 2. The van der Waals surface area contributed by atoms with Gasteiger partial charge in [-0.15, -0.1) is 0 Å². The Morgan fingerprint density at radius 1 is 0.953 bits per heavy atom. The first-order valence-corrected chi connectivity index (χ1v) is 16.8. The van der Waals surface area contributed by atoms with Crippen LogP contribution >= 0.6 is 0 Å². The van der Waals surface area contributed by atoms with Gasteiger partial charge in [-0.25, -0.2) is 13.6 Å². The number of nitrogens with one attached hydrogen (secondary N) is 2. The Kier molecular flexibility index (Phi) is 8.74. The molecule has 2 aromatic carbocycles. The van der Waals surface area contributed by atoms with Gasteiger partial charge in [0, 0.05) is 31.6 Å². The van der Waals surface area contributed by atoms with Gasteiger partial charge in [-0.2, -0.15) is 0 Å². The van der Waals surface area contributed by atoms with Crippen molar-refractivity contribution in [3.05, 3.63) is 48.0 Å². The van der Waals surface area contributed by atoms with Gasteiger partial charge in [-0.05, 0) is 67.5 Å². The maximum absolute atomic E-state index is 13.7. The number of rotatable bonds is 3. The summed E-state index contributed by atoms with van der Waals surface area (Å²) in [6, 6.07) is 11.3. The quantitative estimate of drug-likeness (QED) is 0.409. The van der Waals surface area contributed by atoms with E-state index in [1.165, 1.54) is 12.1 Å². The summed E-state index contributed by atoms with van der Waals surface area (Å²) in [6.45, 7) is 1.11. The van der Waals surface area contributed by atoms with Crippen molar-refractivity contribution in [1.82, 2.24) is 15.5 Å². The highest BCUT2D eigenvalue weighted by Gasteiger charge is 2.42. The van der Waals surface area contributed by atoms with Crippen molar-refractivity contribution in [1.29, 1.82) is 0 Å². The van der Waals surface area contributed by atoms with E-state index in [1.807, 2.05) is 0 Å². The Hall–Kier alpha value is -3.03. The molecule has 11 nitrogen and oxygen atoms in total. The predicted octanol–water partition coefficient (Wildman–Crippen LogP) is 1.92.